The van der Waals surface area contributed by atoms with Crippen LogP contribution < -0.4 is 15.5 Å². The second kappa shape index (κ2) is 6.47. The van der Waals surface area contributed by atoms with Crippen molar-refractivity contribution in [3.05, 3.63) is 54.2 Å². The van der Waals surface area contributed by atoms with E-state index in [2.05, 4.69) is 32.7 Å². The van der Waals surface area contributed by atoms with E-state index in [-0.39, 0.29) is 6.03 Å². The van der Waals surface area contributed by atoms with Crippen LogP contribution in [0.2, 0.25) is 0 Å². The number of nitrogens with zero attached hydrogens (tertiary/aromatic N) is 2. The van der Waals surface area contributed by atoms with Gasteiger partial charge in [-0.15, -0.1) is 0 Å². The quantitative estimate of drug-likeness (QED) is 0.891. The first-order valence-corrected chi connectivity index (χ1v) is 7.49. The van der Waals surface area contributed by atoms with Gasteiger partial charge in [-0.05, 0) is 30.5 Å². The number of pyridine rings is 1. The van der Waals surface area contributed by atoms with Crippen LogP contribution in [0.1, 0.15) is 18.4 Å². The number of carbonyl (C=O) groups is 1. The van der Waals surface area contributed by atoms with Gasteiger partial charge in [0.15, 0.2) is 0 Å². The van der Waals surface area contributed by atoms with Crippen LogP contribution in [0.3, 0.4) is 0 Å². The maximum absolute atomic E-state index is 11.7. The average molecular weight is 296 g/mol. The van der Waals surface area contributed by atoms with Crippen LogP contribution in [-0.2, 0) is 6.54 Å². The molecule has 1 aromatic heterocycles. The van der Waals surface area contributed by atoms with Gasteiger partial charge >= 0.3 is 6.03 Å². The third-order valence-corrected chi connectivity index (χ3v) is 3.61. The van der Waals surface area contributed by atoms with Gasteiger partial charge in [0, 0.05) is 19.6 Å². The molecule has 0 unspecified atom stereocenters. The fourth-order valence-electron chi connectivity index (χ4n) is 2.20. The molecule has 1 aliphatic rings. The predicted molar refractivity (Wildman–Crippen MR) is 88.0 cm³/mol. The molecule has 0 aliphatic heterocycles. The summed E-state index contributed by atoms with van der Waals surface area (Å²) in [6, 6.07) is 14.2. The van der Waals surface area contributed by atoms with Crippen molar-refractivity contribution in [2.75, 3.05) is 17.3 Å². The van der Waals surface area contributed by atoms with Crippen molar-refractivity contribution >= 4 is 17.5 Å². The molecule has 5 nitrogen and oxygen atoms in total. The molecule has 0 atom stereocenters. The first-order valence-electron chi connectivity index (χ1n) is 7.49. The van der Waals surface area contributed by atoms with Gasteiger partial charge in [0.1, 0.15) is 5.82 Å². The SMILES string of the molecule is CN(Cc1ccccc1)c1ccc(NC(=O)NC2CC2)nc1. The smallest absolute Gasteiger partial charge is 0.320 e. The van der Waals surface area contributed by atoms with E-state index in [1.54, 1.807) is 6.20 Å². The lowest BCUT2D eigenvalue weighted by Gasteiger charge is -2.19. The Kier molecular flexibility index (Phi) is 4.23. The minimum atomic E-state index is -0.180. The van der Waals surface area contributed by atoms with E-state index in [0.29, 0.717) is 11.9 Å². The number of hydrogen-bond donors (Lipinski definition) is 2. The van der Waals surface area contributed by atoms with Gasteiger partial charge in [0.05, 0.1) is 11.9 Å². The normalized spacial score (nSPS) is 13.5. The minimum Gasteiger partial charge on any atom is -0.369 e. The fraction of sp³-hybridized carbons (Fsp3) is 0.294. The molecule has 1 fully saturated rings. The van der Waals surface area contributed by atoms with Crippen LogP contribution in [0, 0.1) is 0 Å². The van der Waals surface area contributed by atoms with E-state index in [4.69, 9.17) is 0 Å². The molecule has 0 radical (unpaired) electrons. The number of hydrogen-bond acceptors (Lipinski definition) is 3. The highest BCUT2D eigenvalue weighted by Gasteiger charge is 2.23. The standard InChI is InChI=1S/C17H20N4O/c1-21(12-13-5-3-2-4-6-13)15-9-10-16(18-11-15)20-17(22)19-14-7-8-14/h2-6,9-11,14H,7-8,12H2,1H3,(H2,18,19,20,22). The molecule has 1 heterocycles. The van der Waals surface area contributed by atoms with Crippen LogP contribution in [0.15, 0.2) is 48.7 Å². The number of anilines is 2. The van der Waals surface area contributed by atoms with Crippen molar-refractivity contribution in [3.8, 4) is 0 Å². The summed E-state index contributed by atoms with van der Waals surface area (Å²) in [7, 11) is 2.02. The molecule has 2 amide bonds. The highest BCUT2D eigenvalue weighted by molar-refractivity contribution is 5.88. The van der Waals surface area contributed by atoms with Crippen LogP contribution in [-0.4, -0.2) is 24.1 Å². The lowest BCUT2D eigenvalue weighted by molar-refractivity contribution is 0.251. The van der Waals surface area contributed by atoms with E-state index in [1.807, 2.05) is 37.4 Å². The lowest BCUT2D eigenvalue weighted by Crippen LogP contribution is -2.30. The first kappa shape index (κ1) is 14.4. The number of nitrogens with one attached hydrogen (secondary N) is 2. The number of urea groups is 1. The molecular formula is C17H20N4O. The van der Waals surface area contributed by atoms with Crippen molar-refractivity contribution < 1.29 is 4.79 Å². The van der Waals surface area contributed by atoms with Gasteiger partial charge < -0.3 is 10.2 Å². The van der Waals surface area contributed by atoms with Gasteiger partial charge in [-0.1, -0.05) is 30.3 Å². The van der Waals surface area contributed by atoms with E-state index in [0.717, 1.165) is 25.1 Å². The molecule has 0 spiro atoms. The van der Waals surface area contributed by atoms with Crippen molar-refractivity contribution in [1.29, 1.82) is 0 Å². The first-order chi connectivity index (χ1) is 10.7. The Hall–Kier alpha value is -2.56. The molecule has 2 N–H and O–H groups in total. The molecule has 5 heteroatoms. The molecule has 1 aliphatic carbocycles. The Morgan fingerprint density at radius 3 is 2.64 bits per heavy atom. The van der Waals surface area contributed by atoms with Gasteiger partial charge in [-0.2, -0.15) is 0 Å². The molecule has 1 saturated carbocycles. The van der Waals surface area contributed by atoms with E-state index >= 15 is 0 Å². The topological polar surface area (TPSA) is 57.3 Å². The molecule has 0 saturated heterocycles. The average Bonchev–Trinajstić information content (AvgIpc) is 3.32. The van der Waals surface area contributed by atoms with Crippen molar-refractivity contribution in [1.82, 2.24) is 10.3 Å². The largest absolute Gasteiger partial charge is 0.369 e. The van der Waals surface area contributed by atoms with E-state index in [9.17, 15) is 4.79 Å². The summed E-state index contributed by atoms with van der Waals surface area (Å²) in [5.41, 5.74) is 2.26. The summed E-state index contributed by atoms with van der Waals surface area (Å²) in [6.45, 7) is 0.817. The maximum Gasteiger partial charge on any atom is 0.320 e. The zero-order valence-electron chi connectivity index (χ0n) is 12.6. The van der Waals surface area contributed by atoms with E-state index < -0.39 is 0 Å². The fourth-order valence-corrected chi connectivity index (χ4v) is 2.20. The number of benzene rings is 1. The summed E-state index contributed by atoms with van der Waals surface area (Å²) in [4.78, 5) is 18.1. The number of aromatic nitrogens is 1. The predicted octanol–water partition coefficient (Wildman–Crippen LogP) is 3.00. The third kappa shape index (κ3) is 3.97. The molecule has 3 rings (SSSR count). The molecule has 114 valence electrons. The van der Waals surface area contributed by atoms with Gasteiger partial charge in [-0.25, -0.2) is 9.78 Å². The second-order valence-corrected chi connectivity index (χ2v) is 5.62. The molecule has 22 heavy (non-hydrogen) atoms. The van der Waals surface area contributed by atoms with Crippen molar-refractivity contribution in [2.45, 2.75) is 25.4 Å². The monoisotopic (exact) mass is 296 g/mol. The molecule has 0 bridgehead atoms. The zero-order valence-corrected chi connectivity index (χ0v) is 12.6. The Labute approximate surface area is 130 Å². The summed E-state index contributed by atoms with van der Waals surface area (Å²) in [6.07, 6.45) is 3.92. The number of rotatable bonds is 5. The van der Waals surface area contributed by atoms with Crippen molar-refractivity contribution in [3.63, 3.8) is 0 Å². The number of carbonyl (C=O) groups excluding carboxylic acids is 1. The summed E-state index contributed by atoms with van der Waals surface area (Å²) in [5, 5.41) is 5.62. The Bertz CT molecular complexity index is 623. The van der Waals surface area contributed by atoms with Gasteiger partial charge in [0.25, 0.3) is 0 Å². The van der Waals surface area contributed by atoms with Crippen LogP contribution in [0.5, 0.6) is 0 Å². The maximum atomic E-state index is 11.7. The van der Waals surface area contributed by atoms with Crippen LogP contribution in [0.25, 0.3) is 0 Å². The van der Waals surface area contributed by atoms with Crippen LogP contribution >= 0.6 is 0 Å². The highest BCUT2D eigenvalue weighted by Crippen LogP contribution is 2.19. The van der Waals surface area contributed by atoms with Gasteiger partial charge in [0.2, 0.25) is 0 Å². The second-order valence-electron chi connectivity index (χ2n) is 5.62. The highest BCUT2D eigenvalue weighted by atomic mass is 16.2. The zero-order chi connectivity index (χ0) is 15.4. The summed E-state index contributed by atoms with van der Waals surface area (Å²) in [5.74, 6) is 0.565. The molecule has 1 aromatic carbocycles. The Balaban J connectivity index is 1.57. The lowest BCUT2D eigenvalue weighted by atomic mass is 10.2. The Morgan fingerprint density at radius 2 is 2.00 bits per heavy atom. The van der Waals surface area contributed by atoms with Crippen molar-refractivity contribution in [2.24, 2.45) is 0 Å². The van der Waals surface area contributed by atoms with Crippen LogP contribution in [0.4, 0.5) is 16.3 Å². The third-order valence-electron chi connectivity index (χ3n) is 3.61. The van der Waals surface area contributed by atoms with Gasteiger partial charge in [-0.3, -0.25) is 5.32 Å². The Morgan fingerprint density at radius 1 is 1.23 bits per heavy atom. The molecule has 2 aromatic rings. The summed E-state index contributed by atoms with van der Waals surface area (Å²) >= 11 is 0. The number of amides is 2. The minimum absolute atomic E-state index is 0.180. The summed E-state index contributed by atoms with van der Waals surface area (Å²) < 4.78 is 0. The van der Waals surface area contributed by atoms with E-state index in [1.165, 1.54) is 5.56 Å². The molecular weight excluding hydrogens is 276 g/mol.